The quantitative estimate of drug-likeness (QED) is 0.774. The standard InChI is InChI=1S/C12H16N4O/c1-2-5-16-12(17)4-7-15-11-9-14-6-3-10(11)8-13/h3,6,9,15H,2,4-5,7H2,1H3,(H,16,17). The largest absolute Gasteiger partial charge is 0.382 e. The Labute approximate surface area is 101 Å². The molecule has 1 aromatic heterocycles. The van der Waals surface area contributed by atoms with Crippen molar-refractivity contribution in [2.75, 3.05) is 18.4 Å². The van der Waals surface area contributed by atoms with E-state index in [1.807, 2.05) is 6.92 Å². The Bertz CT molecular complexity index is 411. The second-order valence-corrected chi connectivity index (χ2v) is 3.56. The Hall–Kier alpha value is -2.09. The number of pyridine rings is 1. The van der Waals surface area contributed by atoms with Gasteiger partial charge in [0, 0.05) is 25.7 Å². The first-order valence-electron chi connectivity index (χ1n) is 5.62. The molecule has 0 aliphatic rings. The number of aromatic nitrogens is 1. The molecule has 0 spiro atoms. The highest BCUT2D eigenvalue weighted by Gasteiger charge is 2.02. The minimum absolute atomic E-state index is 0.0155. The molecule has 0 aliphatic carbocycles. The van der Waals surface area contributed by atoms with Crippen LogP contribution < -0.4 is 10.6 Å². The summed E-state index contributed by atoms with van der Waals surface area (Å²) in [6.07, 6.45) is 4.47. The minimum Gasteiger partial charge on any atom is -0.382 e. The van der Waals surface area contributed by atoms with Gasteiger partial charge >= 0.3 is 0 Å². The molecule has 90 valence electrons. The Balaban J connectivity index is 2.36. The number of hydrogen-bond donors (Lipinski definition) is 2. The summed E-state index contributed by atoms with van der Waals surface area (Å²) in [4.78, 5) is 15.2. The van der Waals surface area contributed by atoms with Crippen molar-refractivity contribution in [3.8, 4) is 6.07 Å². The summed E-state index contributed by atoms with van der Waals surface area (Å²) in [5.41, 5.74) is 1.20. The first-order valence-corrected chi connectivity index (χ1v) is 5.62. The Morgan fingerprint density at radius 1 is 1.53 bits per heavy atom. The fraction of sp³-hybridized carbons (Fsp3) is 0.417. The summed E-state index contributed by atoms with van der Waals surface area (Å²) >= 11 is 0. The smallest absolute Gasteiger partial charge is 0.221 e. The van der Waals surface area contributed by atoms with Gasteiger partial charge in [-0.3, -0.25) is 9.78 Å². The van der Waals surface area contributed by atoms with Crippen LogP contribution in [0.15, 0.2) is 18.5 Å². The van der Waals surface area contributed by atoms with E-state index in [-0.39, 0.29) is 5.91 Å². The predicted molar refractivity (Wildman–Crippen MR) is 65.4 cm³/mol. The van der Waals surface area contributed by atoms with Gasteiger partial charge in [-0.2, -0.15) is 5.26 Å². The van der Waals surface area contributed by atoms with E-state index in [0.29, 0.717) is 30.8 Å². The molecule has 0 radical (unpaired) electrons. The summed E-state index contributed by atoms with van der Waals surface area (Å²) in [5.74, 6) is 0.0155. The molecule has 0 aromatic carbocycles. The van der Waals surface area contributed by atoms with Crippen LogP contribution in [0.4, 0.5) is 5.69 Å². The van der Waals surface area contributed by atoms with Gasteiger partial charge in [-0.25, -0.2) is 0 Å². The number of anilines is 1. The van der Waals surface area contributed by atoms with E-state index in [1.165, 1.54) is 0 Å². The lowest BCUT2D eigenvalue weighted by Gasteiger charge is -2.07. The molecule has 2 N–H and O–H groups in total. The molecule has 1 rings (SSSR count). The monoisotopic (exact) mass is 232 g/mol. The highest BCUT2D eigenvalue weighted by atomic mass is 16.1. The van der Waals surface area contributed by atoms with Crippen molar-refractivity contribution in [2.45, 2.75) is 19.8 Å². The molecule has 0 saturated heterocycles. The molecular formula is C12H16N4O. The van der Waals surface area contributed by atoms with Crippen LogP contribution in [0.25, 0.3) is 0 Å². The van der Waals surface area contributed by atoms with Crippen molar-refractivity contribution in [3.05, 3.63) is 24.0 Å². The minimum atomic E-state index is 0.0155. The third-order valence-corrected chi connectivity index (χ3v) is 2.18. The molecule has 1 aromatic rings. The van der Waals surface area contributed by atoms with E-state index in [9.17, 15) is 4.79 Å². The average molecular weight is 232 g/mol. The van der Waals surface area contributed by atoms with Gasteiger partial charge in [0.05, 0.1) is 17.4 Å². The summed E-state index contributed by atoms with van der Waals surface area (Å²) in [6.45, 7) is 3.21. The van der Waals surface area contributed by atoms with Gasteiger partial charge in [-0.05, 0) is 12.5 Å². The zero-order valence-corrected chi connectivity index (χ0v) is 9.86. The molecule has 1 amide bonds. The molecular weight excluding hydrogens is 216 g/mol. The topological polar surface area (TPSA) is 77.8 Å². The molecule has 5 heteroatoms. The predicted octanol–water partition coefficient (Wildman–Crippen LogP) is 1.28. The number of amides is 1. The first kappa shape index (κ1) is 13.0. The fourth-order valence-corrected chi connectivity index (χ4v) is 1.30. The van der Waals surface area contributed by atoms with Gasteiger partial charge < -0.3 is 10.6 Å². The van der Waals surface area contributed by atoms with Gasteiger partial charge in [0.25, 0.3) is 0 Å². The summed E-state index contributed by atoms with van der Waals surface area (Å²) < 4.78 is 0. The molecule has 0 bridgehead atoms. The van der Waals surface area contributed by atoms with Crippen LogP contribution in [0.2, 0.25) is 0 Å². The Kier molecular flexibility index (Phi) is 5.52. The van der Waals surface area contributed by atoms with Crippen molar-refractivity contribution >= 4 is 11.6 Å². The second kappa shape index (κ2) is 7.23. The van der Waals surface area contributed by atoms with Crippen molar-refractivity contribution in [1.29, 1.82) is 5.26 Å². The highest BCUT2D eigenvalue weighted by Crippen LogP contribution is 2.11. The van der Waals surface area contributed by atoms with E-state index in [4.69, 9.17) is 5.26 Å². The maximum Gasteiger partial charge on any atom is 0.221 e. The first-order chi connectivity index (χ1) is 8.27. The third kappa shape index (κ3) is 4.51. The van der Waals surface area contributed by atoms with Gasteiger partial charge in [0.2, 0.25) is 5.91 Å². The lowest BCUT2D eigenvalue weighted by Crippen LogP contribution is -2.25. The highest BCUT2D eigenvalue weighted by molar-refractivity contribution is 5.76. The second-order valence-electron chi connectivity index (χ2n) is 3.56. The summed E-state index contributed by atoms with van der Waals surface area (Å²) in [5, 5.41) is 14.7. The molecule has 17 heavy (non-hydrogen) atoms. The number of nitrogens with one attached hydrogen (secondary N) is 2. The van der Waals surface area contributed by atoms with E-state index < -0.39 is 0 Å². The maximum absolute atomic E-state index is 11.3. The number of rotatable bonds is 6. The normalized spacial score (nSPS) is 9.41. The molecule has 1 heterocycles. The summed E-state index contributed by atoms with van der Waals surface area (Å²) in [7, 11) is 0. The third-order valence-electron chi connectivity index (χ3n) is 2.18. The number of hydrogen-bond acceptors (Lipinski definition) is 4. The van der Waals surface area contributed by atoms with Gasteiger partial charge in [-0.15, -0.1) is 0 Å². The van der Waals surface area contributed by atoms with Crippen molar-refractivity contribution in [3.63, 3.8) is 0 Å². The number of carbonyl (C=O) groups excluding carboxylic acids is 1. The fourth-order valence-electron chi connectivity index (χ4n) is 1.30. The van der Waals surface area contributed by atoms with E-state index >= 15 is 0 Å². The lowest BCUT2D eigenvalue weighted by atomic mass is 10.2. The van der Waals surface area contributed by atoms with Crippen LogP contribution in [-0.4, -0.2) is 24.0 Å². The average Bonchev–Trinajstić information content (AvgIpc) is 2.37. The van der Waals surface area contributed by atoms with E-state index in [0.717, 1.165) is 6.42 Å². The SMILES string of the molecule is CCCNC(=O)CCNc1cnccc1C#N. The maximum atomic E-state index is 11.3. The van der Waals surface area contributed by atoms with Crippen LogP contribution in [0.5, 0.6) is 0 Å². The van der Waals surface area contributed by atoms with Gasteiger partial charge in [0.15, 0.2) is 0 Å². The van der Waals surface area contributed by atoms with Crippen LogP contribution >= 0.6 is 0 Å². The zero-order valence-electron chi connectivity index (χ0n) is 9.86. The van der Waals surface area contributed by atoms with E-state index in [2.05, 4.69) is 21.7 Å². The molecule has 0 unspecified atom stereocenters. The van der Waals surface area contributed by atoms with E-state index in [1.54, 1.807) is 18.5 Å². The summed E-state index contributed by atoms with van der Waals surface area (Å²) in [6, 6.07) is 3.70. The van der Waals surface area contributed by atoms with Crippen molar-refractivity contribution < 1.29 is 4.79 Å². The number of nitriles is 1. The number of carbonyl (C=O) groups is 1. The zero-order chi connectivity index (χ0) is 12.5. The Morgan fingerprint density at radius 3 is 3.06 bits per heavy atom. The Morgan fingerprint density at radius 2 is 2.35 bits per heavy atom. The lowest BCUT2D eigenvalue weighted by molar-refractivity contribution is -0.120. The molecule has 0 aliphatic heterocycles. The van der Waals surface area contributed by atoms with Crippen LogP contribution in [0, 0.1) is 11.3 Å². The van der Waals surface area contributed by atoms with Crippen LogP contribution in [-0.2, 0) is 4.79 Å². The number of nitrogens with zero attached hydrogens (tertiary/aromatic N) is 2. The molecule has 0 fully saturated rings. The van der Waals surface area contributed by atoms with Crippen molar-refractivity contribution in [2.24, 2.45) is 0 Å². The van der Waals surface area contributed by atoms with Gasteiger partial charge in [0.1, 0.15) is 6.07 Å². The van der Waals surface area contributed by atoms with Gasteiger partial charge in [-0.1, -0.05) is 6.92 Å². The van der Waals surface area contributed by atoms with Crippen LogP contribution in [0.3, 0.4) is 0 Å². The van der Waals surface area contributed by atoms with Crippen LogP contribution in [0.1, 0.15) is 25.3 Å². The molecule has 0 atom stereocenters. The molecule has 0 saturated carbocycles. The van der Waals surface area contributed by atoms with Crippen molar-refractivity contribution in [1.82, 2.24) is 10.3 Å². The molecule has 5 nitrogen and oxygen atoms in total.